The summed E-state index contributed by atoms with van der Waals surface area (Å²) in [6.45, 7) is 0. The molecule has 1 N–H and O–H groups in total. The highest BCUT2D eigenvalue weighted by Crippen LogP contribution is 2.35. The molecule has 0 aliphatic carbocycles. The van der Waals surface area contributed by atoms with Crippen LogP contribution in [0.25, 0.3) is 0 Å². The molecule has 8 heteroatoms. The number of amides is 1. The summed E-state index contributed by atoms with van der Waals surface area (Å²) >= 11 is 2.71. The van der Waals surface area contributed by atoms with E-state index < -0.39 is 14.7 Å². The minimum absolute atomic E-state index is 0.00517. The van der Waals surface area contributed by atoms with E-state index >= 15 is 0 Å². The van der Waals surface area contributed by atoms with Crippen LogP contribution in [0, 0.1) is 0 Å². The van der Waals surface area contributed by atoms with Crippen LogP contribution >= 0.6 is 15.9 Å². The number of methoxy groups -OCH3 is 2. The zero-order chi connectivity index (χ0) is 13.9. The Morgan fingerprint density at radius 1 is 1.22 bits per heavy atom. The van der Waals surface area contributed by atoms with Gasteiger partial charge in [-0.25, -0.2) is 8.42 Å². The molecule has 0 aromatic heterocycles. The molecule has 0 saturated heterocycles. The predicted molar refractivity (Wildman–Crippen MR) is 70.6 cm³/mol. The smallest absolute Gasteiger partial charge is 0.291 e. The van der Waals surface area contributed by atoms with Gasteiger partial charge in [-0.05, 0) is 0 Å². The molecule has 0 heterocycles. The van der Waals surface area contributed by atoms with E-state index in [4.69, 9.17) is 9.47 Å². The standard InChI is InChI=1S/C10H12BrNO5S/c1-16-7-5-9(18(3,14)15)8(17-2)4-6(7)12-10(11)13/h4-5H,1-3H3,(H,12,13). The van der Waals surface area contributed by atoms with Gasteiger partial charge in [-0.15, -0.1) is 0 Å². The molecule has 0 aliphatic heterocycles. The van der Waals surface area contributed by atoms with Crippen molar-refractivity contribution in [3.63, 3.8) is 0 Å². The Labute approximate surface area is 113 Å². The Kier molecular flexibility index (Phi) is 4.58. The third kappa shape index (κ3) is 3.36. The monoisotopic (exact) mass is 337 g/mol. The molecule has 1 aromatic carbocycles. The van der Waals surface area contributed by atoms with Crippen LogP contribution in [0.3, 0.4) is 0 Å². The molecule has 1 aromatic rings. The Hall–Kier alpha value is -1.28. The summed E-state index contributed by atoms with van der Waals surface area (Å²) < 4.78 is 33.2. The molecule has 1 rings (SSSR count). The van der Waals surface area contributed by atoms with Crippen LogP contribution in [0.2, 0.25) is 0 Å². The second kappa shape index (κ2) is 5.57. The third-order valence-corrected chi connectivity index (χ3v) is 3.43. The van der Waals surface area contributed by atoms with Gasteiger partial charge >= 0.3 is 0 Å². The van der Waals surface area contributed by atoms with Crippen molar-refractivity contribution in [2.24, 2.45) is 0 Å². The van der Waals surface area contributed by atoms with Crippen molar-refractivity contribution in [3.05, 3.63) is 12.1 Å². The number of benzene rings is 1. The van der Waals surface area contributed by atoms with Crippen molar-refractivity contribution in [2.75, 3.05) is 25.8 Å². The molecule has 0 spiro atoms. The van der Waals surface area contributed by atoms with Gasteiger partial charge in [-0.2, -0.15) is 0 Å². The first-order valence-corrected chi connectivity index (χ1v) is 7.40. The highest BCUT2D eigenvalue weighted by Gasteiger charge is 2.19. The minimum atomic E-state index is -3.45. The lowest BCUT2D eigenvalue weighted by Crippen LogP contribution is -2.06. The zero-order valence-electron chi connectivity index (χ0n) is 9.98. The van der Waals surface area contributed by atoms with Crippen molar-refractivity contribution < 1.29 is 22.7 Å². The van der Waals surface area contributed by atoms with Crippen LogP contribution in [-0.2, 0) is 9.84 Å². The van der Waals surface area contributed by atoms with Gasteiger partial charge in [0, 0.05) is 34.3 Å². The second-order valence-corrected chi connectivity index (χ2v) is 6.08. The lowest BCUT2D eigenvalue weighted by molar-refractivity contribution is 0.270. The highest BCUT2D eigenvalue weighted by molar-refractivity contribution is 9.18. The van der Waals surface area contributed by atoms with Gasteiger partial charge in [0.05, 0.1) is 19.9 Å². The van der Waals surface area contributed by atoms with Crippen LogP contribution in [-0.4, -0.2) is 33.7 Å². The van der Waals surface area contributed by atoms with Crippen LogP contribution in [0.4, 0.5) is 10.5 Å². The predicted octanol–water partition coefficient (Wildman–Crippen LogP) is 2.03. The highest BCUT2D eigenvalue weighted by atomic mass is 79.9. The number of rotatable bonds is 4. The summed E-state index contributed by atoms with van der Waals surface area (Å²) in [4.78, 5) is 10.5. The molecule has 0 saturated carbocycles. The number of hydrogen-bond acceptors (Lipinski definition) is 5. The van der Waals surface area contributed by atoms with Crippen molar-refractivity contribution >= 4 is 36.3 Å². The number of sulfone groups is 1. The largest absolute Gasteiger partial charge is 0.495 e. The molecule has 0 fully saturated rings. The van der Waals surface area contributed by atoms with E-state index in [1.807, 2.05) is 0 Å². The van der Waals surface area contributed by atoms with Gasteiger partial charge in [0.1, 0.15) is 16.4 Å². The molecule has 6 nitrogen and oxygen atoms in total. The lowest BCUT2D eigenvalue weighted by atomic mass is 10.2. The maximum absolute atomic E-state index is 11.6. The maximum atomic E-state index is 11.6. The topological polar surface area (TPSA) is 81.7 Å². The first kappa shape index (κ1) is 14.8. The normalized spacial score (nSPS) is 10.9. The molecule has 1 amide bonds. The molecular weight excluding hydrogens is 326 g/mol. The molecule has 0 unspecified atom stereocenters. The van der Waals surface area contributed by atoms with Crippen molar-refractivity contribution in [3.8, 4) is 11.5 Å². The van der Waals surface area contributed by atoms with Gasteiger partial charge < -0.3 is 14.8 Å². The van der Waals surface area contributed by atoms with Crippen molar-refractivity contribution in [2.45, 2.75) is 4.90 Å². The van der Waals surface area contributed by atoms with Gasteiger partial charge in [-0.1, -0.05) is 0 Å². The number of anilines is 1. The molecule has 0 atom stereocenters. The van der Waals surface area contributed by atoms with E-state index in [0.29, 0.717) is 5.69 Å². The number of carbonyl (C=O) groups is 1. The van der Waals surface area contributed by atoms with Crippen LogP contribution < -0.4 is 14.8 Å². The third-order valence-electron chi connectivity index (χ3n) is 2.12. The van der Waals surface area contributed by atoms with Gasteiger partial charge in [-0.3, -0.25) is 4.79 Å². The lowest BCUT2D eigenvalue weighted by Gasteiger charge is -2.13. The average Bonchev–Trinajstić information content (AvgIpc) is 2.26. The first-order chi connectivity index (χ1) is 8.29. The fraction of sp³-hybridized carbons (Fsp3) is 0.300. The zero-order valence-corrected chi connectivity index (χ0v) is 12.4. The summed E-state index contributed by atoms with van der Waals surface area (Å²) in [7, 11) is -0.737. The SMILES string of the molecule is COc1cc(S(C)(=O)=O)c(OC)cc1NC(=O)Br. The van der Waals surface area contributed by atoms with E-state index in [2.05, 4.69) is 21.2 Å². The van der Waals surface area contributed by atoms with Crippen molar-refractivity contribution in [1.29, 1.82) is 0 Å². The maximum Gasteiger partial charge on any atom is 0.291 e. The van der Waals surface area contributed by atoms with E-state index in [0.717, 1.165) is 6.26 Å². The number of nitrogens with one attached hydrogen (secondary N) is 1. The minimum Gasteiger partial charge on any atom is -0.495 e. The van der Waals surface area contributed by atoms with Crippen molar-refractivity contribution in [1.82, 2.24) is 0 Å². The molecular formula is C10H12BrNO5S. The fourth-order valence-electron chi connectivity index (χ4n) is 1.36. The second-order valence-electron chi connectivity index (χ2n) is 3.37. The quantitative estimate of drug-likeness (QED) is 0.671. The molecule has 0 bridgehead atoms. The Morgan fingerprint density at radius 2 is 1.78 bits per heavy atom. The summed E-state index contributed by atoms with van der Waals surface area (Å²) in [6, 6.07) is 2.68. The first-order valence-electron chi connectivity index (χ1n) is 4.72. The van der Waals surface area contributed by atoms with Crippen LogP contribution in [0.1, 0.15) is 0 Å². The summed E-state index contributed by atoms with van der Waals surface area (Å²) in [5, 5.41) is 2.46. The van der Waals surface area contributed by atoms with Crippen LogP contribution in [0.5, 0.6) is 11.5 Å². The number of halogens is 1. The van der Waals surface area contributed by atoms with Gasteiger partial charge in [0.2, 0.25) is 0 Å². The van der Waals surface area contributed by atoms with E-state index in [1.165, 1.54) is 26.4 Å². The summed E-state index contributed by atoms with van der Waals surface area (Å²) in [5.74, 6) is 0.360. The summed E-state index contributed by atoms with van der Waals surface area (Å²) in [6.07, 6.45) is 1.06. The molecule has 0 radical (unpaired) electrons. The Bertz CT molecular complexity index is 570. The molecule has 18 heavy (non-hydrogen) atoms. The van der Waals surface area contributed by atoms with Gasteiger partial charge in [0.25, 0.3) is 4.82 Å². The molecule has 100 valence electrons. The average molecular weight is 338 g/mol. The molecule has 0 aliphatic rings. The Morgan fingerprint density at radius 3 is 2.17 bits per heavy atom. The number of carbonyl (C=O) groups excluding carboxylic acids is 1. The Balaban J connectivity index is 3.46. The van der Waals surface area contributed by atoms with E-state index in [9.17, 15) is 13.2 Å². The van der Waals surface area contributed by atoms with Gasteiger partial charge in [0.15, 0.2) is 9.84 Å². The number of ether oxygens (including phenoxy) is 2. The van der Waals surface area contributed by atoms with E-state index in [1.54, 1.807) is 0 Å². The van der Waals surface area contributed by atoms with E-state index in [-0.39, 0.29) is 16.4 Å². The van der Waals surface area contributed by atoms with Crippen LogP contribution in [0.15, 0.2) is 17.0 Å². The summed E-state index contributed by atoms with van der Waals surface area (Å²) in [5.41, 5.74) is 0.309. The number of hydrogen-bond donors (Lipinski definition) is 1. The fourth-order valence-corrected chi connectivity index (χ4v) is 2.41.